The highest BCUT2D eigenvalue weighted by atomic mass is 16.5. The summed E-state index contributed by atoms with van der Waals surface area (Å²) < 4.78 is 5.10. The van der Waals surface area contributed by atoms with E-state index in [9.17, 15) is 4.79 Å². The molecule has 0 radical (unpaired) electrons. The first-order valence-corrected chi connectivity index (χ1v) is 7.47. The number of methoxy groups -OCH3 is 1. The lowest BCUT2D eigenvalue weighted by Crippen LogP contribution is -2.40. The van der Waals surface area contributed by atoms with Crippen LogP contribution in [0.25, 0.3) is 0 Å². The van der Waals surface area contributed by atoms with Crippen molar-refractivity contribution in [3.05, 3.63) is 18.5 Å². The van der Waals surface area contributed by atoms with E-state index in [2.05, 4.69) is 21.8 Å². The van der Waals surface area contributed by atoms with Crippen molar-refractivity contribution < 1.29 is 9.53 Å². The van der Waals surface area contributed by atoms with Crippen LogP contribution in [0.4, 0.5) is 5.95 Å². The minimum absolute atomic E-state index is 0.269. The third-order valence-electron chi connectivity index (χ3n) is 4.85. The molecule has 1 aromatic heterocycles. The van der Waals surface area contributed by atoms with Gasteiger partial charge in [0.25, 0.3) is 0 Å². The number of amides is 1. The Labute approximate surface area is 125 Å². The molecule has 0 bridgehead atoms. The largest absolute Gasteiger partial charge is 0.383 e. The highest BCUT2D eigenvalue weighted by Crippen LogP contribution is 2.45. The molecule has 114 valence electrons. The van der Waals surface area contributed by atoms with Crippen molar-refractivity contribution in [2.45, 2.75) is 13.3 Å². The summed E-state index contributed by atoms with van der Waals surface area (Å²) in [5, 5.41) is 0. The monoisotopic (exact) mass is 290 g/mol. The number of ether oxygens (including phenoxy) is 1. The Balaban J connectivity index is 1.76. The molecule has 0 unspecified atom stereocenters. The number of carbonyl (C=O) groups excluding carboxylic acids is 1. The van der Waals surface area contributed by atoms with E-state index in [1.807, 2.05) is 11.0 Å². The predicted octanol–water partition coefficient (Wildman–Crippen LogP) is 0.798. The Kier molecular flexibility index (Phi) is 3.80. The van der Waals surface area contributed by atoms with Crippen LogP contribution in [0, 0.1) is 11.3 Å². The molecular formula is C15H22N4O2. The molecule has 6 heteroatoms. The molecule has 0 aliphatic carbocycles. The second kappa shape index (κ2) is 5.60. The first-order valence-electron chi connectivity index (χ1n) is 7.47. The fraction of sp³-hybridized carbons (Fsp3) is 0.667. The van der Waals surface area contributed by atoms with Crippen LogP contribution in [-0.4, -0.2) is 60.7 Å². The van der Waals surface area contributed by atoms with Crippen LogP contribution in [0.2, 0.25) is 0 Å². The van der Waals surface area contributed by atoms with Crippen LogP contribution in [0.5, 0.6) is 0 Å². The second-order valence-corrected chi connectivity index (χ2v) is 6.02. The molecule has 2 atom stereocenters. The zero-order valence-corrected chi connectivity index (χ0v) is 12.7. The maximum atomic E-state index is 12.8. The number of hydrogen-bond donors (Lipinski definition) is 0. The van der Waals surface area contributed by atoms with Crippen molar-refractivity contribution in [3.63, 3.8) is 0 Å². The predicted molar refractivity (Wildman–Crippen MR) is 78.9 cm³/mol. The average molecular weight is 290 g/mol. The summed E-state index contributed by atoms with van der Waals surface area (Å²) in [5.41, 5.74) is -0.271. The lowest BCUT2D eigenvalue weighted by Gasteiger charge is -2.26. The van der Waals surface area contributed by atoms with E-state index < -0.39 is 0 Å². The van der Waals surface area contributed by atoms with Crippen LogP contribution in [0.3, 0.4) is 0 Å². The molecule has 1 amide bonds. The van der Waals surface area contributed by atoms with Gasteiger partial charge in [0.15, 0.2) is 0 Å². The Morgan fingerprint density at radius 2 is 2.19 bits per heavy atom. The van der Waals surface area contributed by atoms with Crippen molar-refractivity contribution in [1.82, 2.24) is 14.9 Å². The van der Waals surface area contributed by atoms with E-state index in [1.54, 1.807) is 19.5 Å². The minimum Gasteiger partial charge on any atom is -0.383 e. The normalized spacial score (nSPS) is 28.9. The molecule has 1 aromatic rings. The highest BCUT2D eigenvalue weighted by Gasteiger charge is 2.55. The SMILES string of the molecule is COCCN1CC[C@]2(CN(c3ncccn3)C[C@H]2C)C1=O. The van der Waals surface area contributed by atoms with Crippen molar-refractivity contribution >= 4 is 11.9 Å². The molecule has 2 fully saturated rings. The lowest BCUT2D eigenvalue weighted by atomic mass is 9.78. The average Bonchev–Trinajstić information content (AvgIpc) is 3.01. The summed E-state index contributed by atoms with van der Waals surface area (Å²) in [6.07, 6.45) is 4.42. The van der Waals surface area contributed by atoms with Gasteiger partial charge in [-0.2, -0.15) is 0 Å². The van der Waals surface area contributed by atoms with Crippen molar-refractivity contribution in [2.75, 3.05) is 44.8 Å². The topological polar surface area (TPSA) is 58.6 Å². The molecule has 2 aliphatic rings. The van der Waals surface area contributed by atoms with Gasteiger partial charge >= 0.3 is 0 Å². The number of rotatable bonds is 4. The van der Waals surface area contributed by atoms with E-state index in [4.69, 9.17) is 4.74 Å². The lowest BCUT2D eigenvalue weighted by molar-refractivity contribution is -0.137. The first-order chi connectivity index (χ1) is 10.2. The van der Waals surface area contributed by atoms with Gasteiger partial charge < -0.3 is 14.5 Å². The Morgan fingerprint density at radius 3 is 2.90 bits per heavy atom. The summed E-state index contributed by atoms with van der Waals surface area (Å²) in [6.45, 7) is 5.85. The first kappa shape index (κ1) is 14.3. The molecule has 21 heavy (non-hydrogen) atoms. The van der Waals surface area contributed by atoms with Gasteiger partial charge in [0.2, 0.25) is 11.9 Å². The molecule has 0 saturated carbocycles. The fourth-order valence-corrected chi connectivity index (χ4v) is 3.55. The molecule has 0 N–H and O–H groups in total. The quantitative estimate of drug-likeness (QED) is 0.821. The summed E-state index contributed by atoms with van der Waals surface area (Å²) in [5.74, 6) is 1.32. The number of nitrogens with zero attached hydrogens (tertiary/aromatic N) is 4. The van der Waals surface area contributed by atoms with E-state index in [0.717, 1.165) is 32.0 Å². The third-order valence-corrected chi connectivity index (χ3v) is 4.85. The van der Waals surface area contributed by atoms with Gasteiger partial charge in [-0.15, -0.1) is 0 Å². The van der Waals surface area contributed by atoms with Crippen molar-refractivity contribution in [1.29, 1.82) is 0 Å². The van der Waals surface area contributed by atoms with Gasteiger partial charge in [0, 0.05) is 45.7 Å². The number of aromatic nitrogens is 2. The molecule has 6 nitrogen and oxygen atoms in total. The third kappa shape index (κ3) is 2.37. The molecule has 3 heterocycles. The number of carbonyl (C=O) groups is 1. The summed E-state index contributed by atoms with van der Waals surface area (Å²) in [7, 11) is 1.67. The summed E-state index contributed by atoms with van der Waals surface area (Å²) >= 11 is 0. The standard InChI is InChI=1S/C15H22N4O2/c1-12-10-19(14-16-5-3-6-17-14)11-15(12)4-7-18(13(15)20)8-9-21-2/h3,5-6,12H,4,7-11H2,1-2H3/t12-,15-/m1/s1. The van der Waals surface area contributed by atoms with Crippen LogP contribution in [0.1, 0.15) is 13.3 Å². The van der Waals surface area contributed by atoms with Gasteiger partial charge in [-0.25, -0.2) is 9.97 Å². The van der Waals surface area contributed by atoms with Crippen molar-refractivity contribution in [2.24, 2.45) is 11.3 Å². The molecule has 0 aromatic carbocycles. The van der Waals surface area contributed by atoms with Crippen LogP contribution in [0.15, 0.2) is 18.5 Å². The summed E-state index contributed by atoms with van der Waals surface area (Å²) in [4.78, 5) is 25.5. The molecule has 2 aliphatic heterocycles. The van der Waals surface area contributed by atoms with Crippen LogP contribution >= 0.6 is 0 Å². The van der Waals surface area contributed by atoms with Crippen molar-refractivity contribution in [3.8, 4) is 0 Å². The van der Waals surface area contributed by atoms with E-state index in [1.165, 1.54) is 0 Å². The summed E-state index contributed by atoms with van der Waals surface area (Å²) in [6, 6.07) is 1.81. The number of likely N-dealkylation sites (tertiary alicyclic amines) is 1. The Morgan fingerprint density at radius 1 is 1.43 bits per heavy atom. The Hall–Kier alpha value is -1.69. The van der Waals surface area contributed by atoms with Crippen LogP contribution < -0.4 is 4.90 Å². The maximum Gasteiger partial charge on any atom is 0.231 e. The molecule has 3 rings (SSSR count). The molecule has 1 spiro atoms. The second-order valence-electron chi connectivity index (χ2n) is 6.02. The zero-order chi connectivity index (χ0) is 14.9. The minimum atomic E-state index is -0.271. The van der Waals surface area contributed by atoms with E-state index >= 15 is 0 Å². The number of hydrogen-bond acceptors (Lipinski definition) is 5. The van der Waals surface area contributed by atoms with Gasteiger partial charge in [-0.3, -0.25) is 4.79 Å². The smallest absolute Gasteiger partial charge is 0.231 e. The van der Waals surface area contributed by atoms with Gasteiger partial charge in [0.05, 0.1) is 12.0 Å². The molecule has 2 saturated heterocycles. The van der Waals surface area contributed by atoms with Gasteiger partial charge in [0.1, 0.15) is 0 Å². The maximum absolute atomic E-state index is 12.8. The van der Waals surface area contributed by atoms with E-state index in [-0.39, 0.29) is 11.3 Å². The zero-order valence-electron chi connectivity index (χ0n) is 12.7. The van der Waals surface area contributed by atoms with Gasteiger partial charge in [-0.1, -0.05) is 6.92 Å². The molecular weight excluding hydrogens is 268 g/mol. The van der Waals surface area contributed by atoms with E-state index in [0.29, 0.717) is 19.1 Å². The fourth-order valence-electron chi connectivity index (χ4n) is 3.55. The Bertz CT molecular complexity index is 510. The van der Waals surface area contributed by atoms with Gasteiger partial charge in [-0.05, 0) is 18.4 Å². The van der Waals surface area contributed by atoms with Crippen LogP contribution in [-0.2, 0) is 9.53 Å². The number of anilines is 1. The highest BCUT2D eigenvalue weighted by molar-refractivity contribution is 5.86.